The number of thiophene rings is 1. The lowest BCUT2D eigenvalue weighted by molar-refractivity contribution is -0.114. The SMILES string of the molecule is CC(=O)Nc1c(C)noc1C=Cc1ccc(S(=O)(=O)Nc2ccc(C(C)=O)cc2)s1. The summed E-state index contributed by atoms with van der Waals surface area (Å²) >= 11 is 1.07. The zero-order chi connectivity index (χ0) is 21.9. The van der Waals surface area contributed by atoms with Crippen LogP contribution in [0.4, 0.5) is 11.4 Å². The molecular formula is C20H19N3O5S2. The first-order valence-electron chi connectivity index (χ1n) is 8.81. The van der Waals surface area contributed by atoms with Gasteiger partial charge in [-0.15, -0.1) is 11.3 Å². The Bertz CT molecular complexity index is 1220. The van der Waals surface area contributed by atoms with Gasteiger partial charge >= 0.3 is 0 Å². The second kappa shape index (κ2) is 8.64. The number of Topliss-reactive ketones (excluding diaryl/α,β-unsaturated/α-hetero) is 1. The predicted octanol–water partition coefficient (Wildman–Crippen LogP) is 4.18. The number of aryl methyl sites for hydroxylation is 1. The van der Waals surface area contributed by atoms with E-state index in [0.29, 0.717) is 33.3 Å². The first-order valence-corrected chi connectivity index (χ1v) is 11.1. The third-order valence-electron chi connectivity index (χ3n) is 4.00. The number of amides is 1. The summed E-state index contributed by atoms with van der Waals surface area (Å²) in [5.74, 6) is 0.0229. The molecule has 0 aliphatic carbocycles. The van der Waals surface area contributed by atoms with E-state index in [1.165, 1.54) is 19.9 Å². The molecule has 1 amide bonds. The van der Waals surface area contributed by atoms with Crippen LogP contribution in [-0.2, 0) is 14.8 Å². The van der Waals surface area contributed by atoms with Gasteiger partial charge in [0.2, 0.25) is 5.91 Å². The Labute approximate surface area is 177 Å². The van der Waals surface area contributed by atoms with E-state index in [1.807, 2.05) is 0 Å². The monoisotopic (exact) mass is 445 g/mol. The molecule has 0 atom stereocenters. The first kappa shape index (κ1) is 21.5. The molecule has 8 nitrogen and oxygen atoms in total. The molecular weight excluding hydrogens is 426 g/mol. The molecule has 0 unspecified atom stereocenters. The summed E-state index contributed by atoms with van der Waals surface area (Å²) < 4.78 is 33.1. The molecule has 0 saturated carbocycles. The Morgan fingerprint density at radius 2 is 1.77 bits per heavy atom. The zero-order valence-electron chi connectivity index (χ0n) is 16.4. The molecule has 0 bridgehead atoms. The fourth-order valence-electron chi connectivity index (χ4n) is 2.53. The molecule has 156 valence electrons. The molecule has 0 saturated heterocycles. The van der Waals surface area contributed by atoms with Gasteiger partial charge in [-0.1, -0.05) is 5.16 Å². The van der Waals surface area contributed by atoms with E-state index in [0.717, 1.165) is 11.3 Å². The van der Waals surface area contributed by atoms with Crippen molar-refractivity contribution in [3.63, 3.8) is 0 Å². The predicted molar refractivity (Wildman–Crippen MR) is 116 cm³/mol. The summed E-state index contributed by atoms with van der Waals surface area (Å²) in [6, 6.07) is 9.37. The lowest BCUT2D eigenvalue weighted by atomic mass is 10.1. The molecule has 30 heavy (non-hydrogen) atoms. The van der Waals surface area contributed by atoms with Crippen molar-refractivity contribution in [2.75, 3.05) is 10.0 Å². The third kappa shape index (κ3) is 5.02. The lowest BCUT2D eigenvalue weighted by Gasteiger charge is -2.06. The van der Waals surface area contributed by atoms with Crippen LogP contribution in [0.1, 0.15) is 40.5 Å². The van der Waals surface area contributed by atoms with Gasteiger partial charge in [-0.25, -0.2) is 8.42 Å². The van der Waals surface area contributed by atoms with Gasteiger partial charge in [0.25, 0.3) is 10.0 Å². The number of aromatic nitrogens is 1. The van der Waals surface area contributed by atoms with Crippen LogP contribution in [0.5, 0.6) is 0 Å². The molecule has 2 heterocycles. The first-order chi connectivity index (χ1) is 14.2. The van der Waals surface area contributed by atoms with Gasteiger partial charge in [0.1, 0.15) is 15.6 Å². The quantitative estimate of drug-likeness (QED) is 0.527. The molecule has 10 heteroatoms. The highest BCUT2D eigenvalue weighted by Crippen LogP contribution is 2.27. The maximum Gasteiger partial charge on any atom is 0.271 e. The smallest absolute Gasteiger partial charge is 0.271 e. The van der Waals surface area contributed by atoms with Crippen molar-refractivity contribution in [1.82, 2.24) is 5.16 Å². The molecule has 0 spiro atoms. The van der Waals surface area contributed by atoms with Crippen molar-refractivity contribution in [1.29, 1.82) is 0 Å². The number of sulfonamides is 1. The van der Waals surface area contributed by atoms with Gasteiger partial charge in [0.05, 0.1) is 0 Å². The number of carbonyl (C=O) groups is 2. The Hall–Kier alpha value is -3.24. The van der Waals surface area contributed by atoms with Crippen molar-refractivity contribution < 1.29 is 22.5 Å². The Kier molecular flexibility index (Phi) is 6.18. The molecule has 3 aromatic rings. The summed E-state index contributed by atoms with van der Waals surface area (Å²) in [4.78, 5) is 23.3. The third-order valence-corrected chi connectivity index (χ3v) is 6.92. The highest BCUT2D eigenvalue weighted by molar-refractivity contribution is 7.94. The number of rotatable bonds is 7. The van der Waals surface area contributed by atoms with Crippen LogP contribution in [0.3, 0.4) is 0 Å². The minimum Gasteiger partial charge on any atom is -0.354 e. The Morgan fingerprint density at radius 3 is 2.40 bits per heavy atom. The number of anilines is 2. The van der Waals surface area contributed by atoms with Gasteiger partial charge in [-0.2, -0.15) is 0 Å². The minimum atomic E-state index is -3.77. The van der Waals surface area contributed by atoms with Gasteiger partial charge in [-0.3, -0.25) is 14.3 Å². The zero-order valence-corrected chi connectivity index (χ0v) is 18.1. The van der Waals surface area contributed by atoms with Crippen molar-refractivity contribution in [3.05, 3.63) is 58.3 Å². The van der Waals surface area contributed by atoms with E-state index >= 15 is 0 Å². The maximum absolute atomic E-state index is 12.6. The number of carbonyl (C=O) groups excluding carboxylic acids is 2. The average Bonchev–Trinajstić information content (AvgIpc) is 3.28. The highest BCUT2D eigenvalue weighted by Gasteiger charge is 2.17. The standard InChI is InChI=1S/C20H19N3O5S2/c1-12-20(21-14(3)25)18(28-22-12)10-8-17-9-11-19(29-17)30(26,27)23-16-6-4-15(5-7-16)13(2)24/h4-11,23H,1-3H3,(H,21,25). The highest BCUT2D eigenvalue weighted by atomic mass is 32.2. The fraction of sp³-hybridized carbons (Fsp3) is 0.150. The second-order valence-corrected chi connectivity index (χ2v) is 9.44. The minimum absolute atomic E-state index is 0.0947. The molecule has 0 radical (unpaired) electrons. The topological polar surface area (TPSA) is 118 Å². The van der Waals surface area contributed by atoms with Crippen LogP contribution in [0.2, 0.25) is 0 Å². The molecule has 1 aromatic carbocycles. The molecule has 3 rings (SSSR count). The van der Waals surface area contributed by atoms with Crippen LogP contribution in [-0.4, -0.2) is 25.3 Å². The number of nitrogens with one attached hydrogen (secondary N) is 2. The Balaban J connectivity index is 1.76. The van der Waals surface area contributed by atoms with Crippen LogP contribution < -0.4 is 10.0 Å². The molecule has 0 fully saturated rings. The van der Waals surface area contributed by atoms with Crippen LogP contribution in [0.15, 0.2) is 45.1 Å². The van der Waals surface area contributed by atoms with E-state index in [2.05, 4.69) is 15.2 Å². The molecule has 2 N–H and O–H groups in total. The van der Waals surface area contributed by atoms with Gasteiger partial charge < -0.3 is 9.84 Å². The van der Waals surface area contributed by atoms with Crippen molar-refractivity contribution in [3.8, 4) is 0 Å². The summed E-state index contributed by atoms with van der Waals surface area (Å²) in [6.07, 6.45) is 3.29. The summed E-state index contributed by atoms with van der Waals surface area (Å²) in [6.45, 7) is 4.53. The number of hydrogen-bond donors (Lipinski definition) is 2. The summed E-state index contributed by atoms with van der Waals surface area (Å²) in [5.41, 5.74) is 1.88. The number of ketones is 1. The van der Waals surface area contributed by atoms with Gasteiger partial charge in [-0.05, 0) is 62.4 Å². The normalized spacial score (nSPS) is 11.6. The van der Waals surface area contributed by atoms with Crippen molar-refractivity contribution in [2.24, 2.45) is 0 Å². The summed E-state index contributed by atoms with van der Waals surface area (Å²) in [7, 11) is -3.77. The number of hydrogen-bond acceptors (Lipinski definition) is 7. The Morgan fingerprint density at radius 1 is 1.07 bits per heavy atom. The molecule has 0 aliphatic heterocycles. The van der Waals surface area contributed by atoms with E-state index < -0.39 is 10.0 Å². The van der Waals surface area contributed by atoms with Gasteiger partial charge in [0.15, 0.2) is 11.5 Å². The average molecular weight is 446 g/mol. The second-order valence-electron chi connectivity index (χ2n) is 6.42. The van der Waals surface area contributed by atoms with E-state index in [-0.39, 0.29) is 15.9 Å². The molecule has 2 aromatic heterocycles. The van der Waals surface area contributed by atoms with E-state index in [9.17, 15) is 18.0 Å². The van der Waals surface area contributed by atoms with E-state index in [4.69, 9.17) is 4.52 Å². The van der Waals surface area contributed by atoms with Crippen molar-refractivity contribution in [2.45, 2.75) is 25.0 Å². The van der Waals surface area contributed by atoms with Crippen LogP contribution >= 0.6 is 11.3 Å². The fourth-order valence-corrected chi connectivity index (χ4v) is 4.82. The van der Waals surface area contributed by atoms with Gasteiger partial charge in [0, 0.05) is 23.1 Å². The largest absolute Gasteiger partial charge is 0.354 e. The maximum atomic E-state index is 12.6. The molecule has 0 aliphatic rings. The number of nitrogens with zero attached hydrogens (tertiary/aromatic N) is 1. The lowest BCUT2D eigenvalue weighted by Crippen LogP contribution is -2.11. The van der Waals surface area contributed by atoms with Crippen LogP contribution in [0.25, 0.3) is 12.2 Å². The van der Waals surface area contributed by atoms with Crippen LogP contribution in [0, 0.1) is 6.92 Å². The summed E-state index contributed by atoms with van der Waals surface area (Å²) in [5, 5.41) is 6.48. The van der Waals surface area contributed by atoms with Crippen molar-refractivity contribution >= 4 is 56.6 Å². The van der Waals surface area contributed by atoms with E-state index in [1.54, 1.807) is 49.4 Å². The number of benzene rings is 1.